The molecule has 1 atom stereocenters. The van der Waals surface area contributed by atoms with Crippen LogP contribution in [0.4, 0.5) is 0 Å². The first-order chi connectivity index (χ1) is 11.7. The van der Waals surface area contributed by atoms with E-state index in [-0.39, 0.29) is 6.10 Å². The summed E-state index contributed by atoms with van der Waals surface area (Å²) in [4.78, 5) is 0. The molecule has 0 rings (SSSR count). The molecule has 0 heterocycles. The molecule has 2 nitrogen and oxygen atoms in total. The molecule has 0 N–H and O–H groups in total. The number of unbranched alkanes of at least 4 members (excludes halogenated alkanes) is 3. The number of hydrogen-bond donors (Lipinski definition) is 0. The molecule has 0 saturated heterocycles. The molecule has 142 valence electrons. The standard InChI is InChI=1S/C9H15O2.3C4H9.Sn/c1-4-9(5-2)11-8-7-10-6-3;3*1-3-4-2;/h9H,4,6-8H2,1,3H3;3*1,3-4H2,2H3;/t9-;;;;/m0..../s1. The Labute approximate surface area is 156 Å². The van der Waals surface area contributed by atoms with E-state index in [2.05, 4.69) is 37.6 Å². The van der Waals surface area contributed by atoms with Crippen molar-refractivity contribution < 1.29 is 9.47 Å². The van der Waals surface area contributed by atoms with Gasteiger partial charge in [-0.3, -0.25) is 0 Å². The van der Waals surface area contributed by atoms with Crippen LogP contribution in [-0.2, 0) is 9.47 Å². The van der Waals surface area contributed by atoms with Crippen LogP contribution < -0.4 is 0 Å². The van der Waals surface area contributed by atoms with Crippen LogP contribution in [0.3, 0.4) is 0 Å². The number of hydrogen-bond acceptors (Lipinski definition) is 2. The van der Waals surface area contributed by atoms with Crippen molar-refractivity contribution >= 4 is 18.4 Å². The Kier molecular flexibility index (Phi) is 16.9. The molecule has 24 heavy (non-hydrogen) atoms. The first-order valence-electron chi connectivity index (χ1n) is 10.4. The molecule has 0 aromatic carbocycles. The topological polar surface area (TPSA) is 18.5 Å². The van der Waals surface area contributed by atoms with E-state index in [0.717, 1.165) is 13.0 Å². The molecule has 0 amide bonds. The second-order valence-electron chi connectivity index (χ2n) is 6.82. The Morgan fingerprint density at radius 1 is 0.792 bits per heavy atom. The van der Waals surface area contributed by atoms with Gasteiger partial charge in [-0.25, -0.2) is 0 Å². The minimum atomic E-state index is -2.32. The van der Waals surface area contributed by atoms with E-state index < -0.39 is 18.4 Å². The van der Waals surface area contributed by atoms with Crippen molar-refractivity contribution in [3.63, 3.8) is 0 Å². The fraction of sp³-hybridized carbons (Fsp3) is 0.905. The van der Waals surface area contributed by atoms with Crippen LogP contribution >= 0.6 is 0 Å². The van der Waals surface area contributed by atoms with Crippen LogP contribution in [0.15, 0.2) is 0 Å². The maximum absolute atomic E-state index is 5.94. The van der Waals surface area contributed by atoms with E-state index in [1.54, 1.807) is 0 Å². The molecular formula is C21H42O2Sn. The summed E-state index contributed by atoms with van der Waals surface area (Å²) in [7, 11) is 0. The summed E-state index contributed by atoms with van der Waals surface area (Å²) >= 11 is -2.32. The summed E-state index contributed by atoms with van der Waals surface area (Å²) in [5.41, 5.74) is 0. The predicted molar refractivity (Wildman–Crippen MR) is 109 cm³/mol. The second kappa shape index (κ2) is 16.7. The zero-order valence-electron chi connectivity index (χ0n) is 17.1. The van der Waals surface area contributed by atoms with E-state index in [4.69, 9.17) is 9.47 Å². The Morgan fingerprint density at radius 3 is 1.75 bits per heavy atom. The quantitative estimate of drug-likeness (QED) is 0.170. The van der Waals surface area contributed by atoms with Gasteiger partial charge >= 0.3 is 157 Å². The summed E-state index contributed by atoms with van der Waals surface area (Å²) in [5, 5.41) is 0. The molecule has 0 saturated carbocycles. The van der Waals surface area contributed by atoms with Crippen LogP contribution in [0, 0.1) is 9.86 Å². The molecule has 0 aromatic rings. The van der Waals surface area contributed by atoms with Crippen LogP contribution in [0.5, 0.6) is 0 Å². The van der Waals surface area contributed by atoms with Crippen molar-refractivity contribution in [1.82, 2.24) is 0 Å². The Hall–Kier alpha value is 0.279. The fourth-order valence-electron chi connectivity index (χ4n) is 3.00. The summed E-state index contributed by atoms with van der Waals surface area (Å²) in [6, 6.07) is 0. The summed E-state index contributed by atoms with van der Waals surface area (Å²) < 4.78 is 19.6. The van der Waals surface area contributed by atoms with Crippen molar-refractivity contribution in [3.05, 3.63) is 0 Å². The third-order valence-corrected chi connectivity index (χ3v) is 17.8. The molecule has 0 fully saturated rings. The van der Waals surface area contributed by atoms with Crippen molar-refractivity contribution in [2.75, 3.05) is 19.8 Å². The average Bonchev–Trinajstić information content (AvgIpc) is 2.61. The molecular weight excluding hydrogens is 403 g/mol. The van der Waals surface area contributed by atoms with Gasteiger partial charge in [0.25, 0.3) is 0 Å². The van der Waals surface area contributed by atoms with Gasteiger partial charge in [0.15, 0.2) is 0 Å². The van der Waals surface area contributed by atoms with Gasteiger partial charge in [0, 0.05) is 0 Å². The third kappa shape index (κ3) is 11.8. The van der Waals surface area contributed by atoms with Gasteiger partial charge < -0.3 is 0 Å². The minimum absolute atomic E-state index is 0.103. The fourth-order valence-corrected chi connectivity index (χ4v) is 16.4. The Bertz CT molecular complexity index is 311. The zero-order valence-corrected chi connectivity index (χ0v) is 19.9. The molecule has 0 radical (unpaired) electrons. The number of ether oxygens (including phenoxy) is 2. The van der Waals surface area contributed by atoms with Crippen molar-refractivity contribution in [2.24, 2.45) is 0 Å². The molecule has 0 bridgehead atoms. The summed E-state index contributed by atoms with van der Waals surface area (Å²) in [6.07, 6.45) is 9.13. The summed E-state index contributed by atoms with van der Waals surface area (Å²) in [6.45, 7) is 13.3. The van der Waals surface area contributed by atoms with Crippen LogP contribution in [0.1, 0.15) is 79.6 Å². The molecule has 0 aliphatic heterocycles. The zero-order chi connectivity index (χ0) is 18.1. The molecule has 3 heteroatoms. The van der Waals surface area contributed by atoms with E-state index in [9.17, 15) is 0 Å². The van der Waals surface area contributed by atoms with Crippen molar-refractivity contribution in [3.8, 4) is 9.86 Å². The molecule has 0 aliphatic rings. The Morgan fingerprint density at radius 2 is 1.33 bits per heavy atom. The third-order valence-electron chi connectivity index (χ3n) is 4.65. The van der Waals surface area contributed by atoms with E-state index in [1.165, 1.54) is 51.8 Å². The summed E-state index contributed by atoms with van der Waals surface area (Å²) in [5.74, 6) is 3.58. The molecule has 0 aromatic heterocycles. The average molecular weight is 445 g/mol. The van der Waals surface area contributed by atoms with Gasteiger partial charge in [0.2, 0.25) is 0 Å². The van der Waals surface area contributed by atoms with E-state index >= 15 is 0 Å². The van der Waals surface area contributed by atoms with Gasteiger partial charge in [-0.2, -0.15) is 0 Å². The Balaban J connectivity index is 4.94. The van der Waals surface area contributed by atoms with Crippen LogP contribution in [-0.4, -0.2) is 44.3 Å². The van der Waals surface area contributed by atoms with Gasteiger partial charge in [-0.15, -0.1) is 0 Å². The predicted octanol–water partition coefficient (Wildman–Crippen LogP) is 6.21. The number of rotatable bonds is 15. The first-order valence-corrected chi connectivity index (χ1v) is 17.9. The van der Waals surface area contributed by atoms with Crippen molar-refractivity contribution in [2.45, 2.75) is 99.0 Å². The SMILES string of the molecule is CCC[CH2][Sn]([C]#C[C@H](CC)OCCOCC)([CH2]CCC)[CH2]CCC. The molecule has 0 aliphatic carbocycles. The molecule has 0 spiro atoms. The monoisotopic (exact) mass is 446 g/mol. The van der Waals surface area contributed by atoms with Gasteiger partial charge in [-0.1, -0.05) is 0 Å². The van der Waals surface area contributed by atoms with Gasteiger partial charge in [0.05, 0.1) is 0 Å². The van der Waals surface area contributed by atoms with Crippen LogP contribution in [0.25, 0.3) is 0 Å². The first kappa shape index (κ1) is 24.3. The van der Waals surface area contributed by atoms with Crippen molar-refractivity contribution in [1.29, 1.82) is 0 Å². The van der Waals surface area contributed by atoms with Gasteiger partial charge in [-0.05, 0) is 0 Å². The van der Waals surface area contributed by atoms with Gasteiger partial charge in [0.1, 0.15) is 0 Å². The molecule has 0 unspecified atom stereocenters. The maximum atomic E-state index is 5.94. The van der Waals surface area contributed by atoms with Crippen LogP contribution in [0.2, 0.25) is 13.3 Å². The normalized spacial score (nSPS) is 12.7. The van der Waals surface area contributed by atoms with E-state index in [0.29, 0.717) is 13.2 Å². The van der Waals surface area contributed by atoms with E-state index in [1.807, 2.05) is 6.92 Å². The second-order valence-corrected chi connectivity index (χ2v) is 19.1.